The van der Waals surface area contributed by atoms with Crippen LogP contribution in [0.25, 0.3) is 0 Å². The molecular formula is C30H46N6O4. The van der Waals surface area contributed by atoms with E-state index in [2.05, 4.69) is 22.2 Å². The summed E-state index contributed by atoms with van der Waals surface area (Å²) in [6, 6.07) is 5.05. The van der Waals surface area contributed by atoms with Gasteiger partial charge in [0.2, 0.25) is 11.8 Å². The van der Waals surface area contributed by atoms with Gasteiger partial charge in [0.25, 0.3) is 5.91 Å². The van der Waals surface area contributed by atoms with Crippen LogP contribution >= 0.6 is 0 Å². The van der Waals surface area contributed by atoms with Crippen molar-refractivity contribution in [3.05, 3.63) is 29.8 Å². The first-order valence-electron chi connectivity index (χ1n) is 14.7. The SMILES string of the molecule is CC(C)CC(N)C(=O)N1CC(=O)C2C1CCN2C(=O)C(CC(C)C)NC(=O)c1ccc(N2CCN(C)CC2)cc1. The number of nitrogens with zero attached hydrogens (tertiary/aromatic N) is 4. The first kappa shape index (κ1) is 30.0. The third-order valence-corrected chi connectivity index (χ3v) is 8.34. The van der Waals surface area contributed by atoms with Crippen molar-refractivity contribution in [2.45, 2.75) is 71.1 Å². The van der Waals surface area contributed by atoms with Crippen LogP contribution in [0.1, 0.15) is 57.3 Å². The Morgan fingerprint density at radius 1 is 0.900 bits per heavy atom. The maximum atomic E-state index is 13.8. The van der Waals surface area contributed by atoms with Gasteiger partial charge in [-0.05, 0) is 62.4 Å². The topological polar surface area (TPSA) is 119 Å². The second kappa shape index (κ2) is 12.7. The fraction of sp³-hybridized carbons (Fsp3) is 0.667. The molecule has 10 heteroatoms. The molecule has 4 rings (SSSR count). The highest BCUT2D eigenvalue weighted by Crippen LogP contribution is 2.31. The summed E-state index contributed by atoms with van der Waals surface area (Å²) in [7, 11) is 2.11. The highest BCUT2D eigenvalue weighted by molar-refractivity contribution is 6.01. The Bertz CT molecular complexity index is 1080. The molecule has 0 radical (unpaired) electrons. The van der Waals surface area contributed by atoms with E-state index in [1.54, 1.807) is 21.9 Å². The predicted octanol–water partition coefficient (Wildman–Crippen LogP) is 1.34. The van der Waals surface area contributed by atoms with Crippen LogP contribution in [0.5, 0.6) is 0 Å². The number of likely N-dealkylation sites (N-methyl/N-ethyl adjacent to an activating group) is 1. The van der Waals surface area contributed by atoms with Gasteiger partial charge in [-0.1, -0.05) is 27.7 Å². The number of Topliss-reactive ketones (excluding diaryl/α,β-unsaturated/α-hetero) is 1. The number of likely N-dealkylation sites (tertiary alicyclic amines) is 2. The number of fused-ring (bicyclic) bond motifs is 1. The molecule has 1 aromatic rings. The molecule has 0 bridgehead atoms. The standard InChI is InChI=1S/C30H46N6O4/c1-19(2)16-23(31)29(39)36-18-26(37)27-25(36)10-11-35(27)30(40)24(17-20(3)4)32-28(38)21-6-8-22(9-7-21)34-14-12-33(5)13-15-34/h6-9,19-20,23-25,27H,10-18,31H2,1-5H3,(H,32,38). The maximum absolute atomic E-state index is 13.8. The highest BCUT2D eigenvalue weighted by Gasteiger charge is 2.52. The number of piperazine rings is 1. The second-order valence-electron chi connectivity index (χ2n) is 12.5. The number of carbonyl (C=O) groups excluding carboxylic acids is 4. The minimum atomic E-state index is -0.760. The summed E-state index contributed by atoms with van der Waals surface area (Å²) in [5.74, 6) is -0.533. The third kappa shape index (κ3) is 6.66. The number of hydrogen-bond acceptors (Lipinski definition) is 7. The molecule has 3 N–H and O–H groups in total. The van der Waals surface area contributed by atoms with Gasteiger partial charge in [-0.15, -0.1) is 0 Å². The molecule has 0 aliphatic carbocycles. The van der Waals surface area contributed by atoms with Gasteiger partial charge in [-0.3, -0.25) is 19.2 Å². The minimum Gasteiger partial charge on any atom is -0.369 e. The first-order chi connectivity index (χ1) is 19.0. The Morgan fingerprint density at radius 3 is 2.12 bits per heavy atom. The van der Waals surface area contributed by atoms with Crippen LogP contribution in [0.4, 0.5) is 5.69 Å². The summed E-state index contributed by atoms with van der Waals surface area (Å²) in [4.78, 5) is 60.9. The van der Waals surface area contributed by atoms with Crippen molar-refractivity contribution in [3.63, 3.8) is 0 Å². The summed E-state index contributed by atoms with van der Waals surface area (Å²) in [5, 5.41) is 2.95. The molecule has 3 fully saturated rings. The first-order valence-corrected chi connectivity index (χ1v) is 14.7. The average molecular weight is 555 g/mol. The molecule has 10 nitrogen and oxygen atoms in total. The van der Waals surface area contributed by atoms with Crippen molar-refractivity contribution in [1.29, 1.82) is 0 Å². The van der Waals surface area contributed by atoms with Crippen LogP contribution in [0, 0.1) is 11.8 Å². The largest absolute Gasteiger partial charge is 0.369 e. The molecule has 0 saturated carbocycles. The number of benzene rings is 1. The van der Waals surface area contributed by atoms with E-state index < -0.39 is 18.1 Å². The number of ketones is 1. The monoisotopic (exact) mass is 554 g/mol. The second-order valence-corrected chi connectivity index (χ2v) is 12.5. The lowest BCUT2D eigenvalue weighted by molar-refractivity contribution is -0.138. The lowest BCUT2D eigenvalue weighted by atomic mass is 10.0. The van der Waals surface area contributed by atoms with Crippen molar-refractivity contribution in [3.8, 4) is 0 Å². The zero-order valence-corrected chi connectivity index (χ0v) is 24.6. The van der Waals surface area contributed by atoms with Gasteiger partial charge >= 0.3 is 0 Å². The Labute approximate surface area is 238 Å². The molecule has 40 heavy (non-hydrogen) atoms. The smallest absolute Gasteiger partial charge is 0.251 e. The molecule has 3 heterocycles. The van der Waals surface area contributed by atoms with E-state index in [0.717, 1.165) is 31.9 Å². The molecule has 3 aliphatic heterocycles. The number of nitrogens with one attached hydrogen (secondary N) is 1. The van der Waals surface area contributed by atoms with Crippen LogP contribution in [-0.2, 0) is 14.4 Å². The third-order valence-electron chi connectivity index (χ3n) is 8.34. The fourth-order valence-electron chi connectivity index (χ4n) is 6.20. The molecule has 4 unspecified atom stereocenters. The summed E-state index contributed by atoms with van der Waals surface area (Å²) in [6.07, 6.45) is 1.52. The molecule has 4 atom stereocenters. The number of nitrogens with two attached hydrogens (primary N) is 1. The van der Waals surface area contributed by atoms with E-state index in [9.17, 15) is 19.2 Å². The van der Waals surface area contributed by atoms with E-state index in [-0.39, 0.29) is 47.9 Å². The number of carbonyl (C=O) groups is 4. The number of anilines is 1. The van der Waals surface area contributed by atoms with Crippen molar-refractivity contribution >= 4 is 29.2 Å². The van der Waals surface area contributed by atoms with Crippen molar-refractivity contribution in [2.24, 2.45) is 17.6 Å². The van der Waals surface area contributed by atoms with Crippen molar-refractivity contribution < 1.29 is 19.2 Å². The Balaban J connectivity index is 1.43. The normalized spacial score (nSPS) is 23.1. The van der Waals surface area contributed by atoms with Crippen LogP contribution in [-0.4, -0.2) is 109 Å². The fourth-order valence-corrected chi connectivity index (χ4v) is 6.20. The molecular weight excluding hydrogens is 508 g/mol. The average Bonchev–Trinajstić information content (AvgIpc) is 3.48. The number of rotatable bonds is 9. The summed E-state index contributed by atoms with van der Waals surface area (Å²) >= 11 is 0. The molecule has 0 spiro atoms. The van der Waals surface area contributed by atoms with Crippen LogP contribution in [0.15, 0.2) is 24.3 Å². The van der Waals surface area contributed by atoms with Gasteiger partial charge in [0.1, 0.15) is 12.1 Å². The molecule has 1 aromatic carbocycles. The van der Waals surface area contributed by atoms with Gasteiger partial charge in [0, 0.05) is 44.0 Å². The molecule has 220 valence electrons. The van der Waals surface area contributed by atoms with Gasteiger partial charge in [-0.2, -0.15) is 0 Å². The molecule has 3 saturated heterocycles. The number of hydrogen-bond donors (Lipinski definition) is 2. The molecule has 3 amide bonds. The summed E-state index contributed by atoms with van der Waals surface area (Å²) < 4.78 is 0. The quantitative estimate of drug-likeness (QED) is 0.473. The van der Waals surface area contributed by atoms with Gasteiger partial charge in [0.15, 0.2) is 5.78 Å². The molecule has 3 aliphatic rings. The van der Waals surface area contributed by atoms with Crippen LogP contribution in [0.2, 0.25) is 0 Å². The Morgan fingerprint density at radius 2 is 1.52 bits per heavy atom. The summed E-state index contributed by atoms with van der Waals surface area (Å²) in [5.41, 5.74) is 7.73. The van der Waals surface area contributed by atoms with E-state index in [1.165, 1.54) is 0 Å². The predicted molar refractivity (Wildman–Crippen MR) is 155 cm³/mol. The van der Waals surface area contributed by atoms with E-state index in [0.29, 0.717) is 31.4 Å². The molecule has 0 aromatic heterocycles. The van der Waals surface area contributed by atoms with E-state index in [4.69, 9.17) is 5.73 Å². The van der Waals surface area contributed by atoms with Gasteiger partial charge in [-0.25, -0.2) is 0 Å². The maximum Gasteiger partial charge on any atom is 0.251 e. The van der Waals surface area contributed by atoms with E-state index >= 15 is 0 Å². The zero-order chi connectivity index (χ0) is 29.1. The lowest BCUT2D eigenvalue weighted by Crippen LogP contribution is -2.53. The van der Waals surface area contributed by atoms with E-state index in [1.807, 2.05) is 39.8 Å². The zero-order valence-electron chi connectivity index (χ0n) is 24.6. The van der Waals surface area contributed by atoms with Gasteiger partial charge in [0.05, 0.1) is 18.6 Å². The van der Waals surface area contributed by atoms with Crippen molar-refractivity contribution in [2.75, 3.05) is 51.2 Å². The van der Waals surface area contributed by atoms with Crippen molar-refractivity contribution in [1.82, 2.24) is 20.0 Å². The Kier molecular flexibility index (Phi) is 9.51. The minimum absolute atomic E-state index is 0.0232. The highest BCUT2D eigenvalue weighted by atomic mass is 16.2. The van der Waals surface area contributed by atoms with Gasteiger partial charge < -0.3 is 30.7 Å². The number of amides is 3. The van der Waals surface area contributed by atoms with Crippen LogP contribution in [0.3, 0.4) is 0 Å². The lowest BCUT2D eigenvalue weighted by Gasteiger charge is -2.34. The van der Waals surface area contributed by atoms with Crippen LogP contribution < -0.4 is 16.0 Å². The summed E-state index contributed by atoms with van der Waals surface area (Å²) in [6.45, 7) is 12.2. The Hall–Kier alpha value is -2.98.